The van der Waals surface area contributed by atoms with Crippen LogP contribution in [0.2, 0.25) is 5.02 Å². The molecule has 19 heavy (non-hydrogen) atoms. The summed E-state index contributed by atoms with van der Waals surface area (Å²) in [6, 6.07) is 9.33. The molecule has 1 aromatic heterocycles. The fourth-order valence-electron chi connectivity index (χ4n) is 1.74. The number of anilines is 2. The lowest BCUT2D eigenvalue weighted by Gasteiger charge is -2.19. The zero-order valence-electron chi connectivity index (χ0n) is 10.6. The second-order valence-electron chi connectivity index (χ2n) is 4.23. The number of aromatic carboxylic acids is 1. The predicted molar refractivity (Wildman–Crippen MR) is 75.4 cm³/mol. The average molecular weight is 277 g/mol. The Morgan fingerprint density at radius 2 is 2.11 bits per heavy atom. The Kier molecular flexibility index (Phi) is 3.71. The van der Waals surface area contributed by atoms with Crippen LogP contribution in [0.4, 0.5) is 11.5 Å². The summed E-state index contributed by atoms with van der Waals surface area (Å²) in [5.41, 5.74) is 2.11. The minimum Gasteiger partial charge on any atom is -0.478 e. The molecule has 2 rings (SSSR count). The number of aromatic nitrogens is 1. The molecular formula is C14H13ClN2O2. The van der Waals surface area contributed by atoms with Gasteiger partial charge in [-0.1, -0.05) is 23.7 Å². The predicted octanol–water partition coefficient (Wildman–Crippen LogP) is 3.51. The highest BCUT2D eigenvalue weighted by atomic mass is 35.5. The summed E-state index contributed by atoms with van der Waals surface area (Å²) in [5.74, 6) is -0.529. The van der Waals surface area contributed by atoms with Gasteiger partial charge in [-0.25, -0.2) is 9.78 Å². The summed E-state index contributed by atoms with van der Waals surface area (Å²) >= 11 is 5.81. The van der Waals surface area contributed by atoms with Gasteiger partial charge in [-0.3, -0.25) is 0 Å². The molecule has 0 fully saturated rings. The third kappa shape index (κ3) is 2.85. The van der Waals surface area contributed by atoms with Gasteiger partial charge in [0.1, 0.15) is 5.82 Å². The summed E-state index contributed by atoms with van der Waals surface area (Å²) in [4.78, 5) is 17.0. The van der Waals surface area contributed by atoms with Crippen LogP contribution in [0.5, 0.6) is 0 Å². The summed E-state index contributed by atoms with van der Waals surface area (Å²) in [6.45, 7) is 2.00. The molecule has 0 bridgehead atoms. The number of carbonyl (C=O) groups is 1. The van der Waals surface area contributed by atoms with E-state index < -0.39 is 5.97 Å². The number of hydrogen-bond acceptors (Lipinski definition) is 3. The van der Waals surface area contributed by atoms with E-state index in [1.54, 1.807) is 0 Å². The van der Waals surface area contributed by atoms with Gasteiger partial charge in [0.15, 0.2) is 0 Å². The van der Waals surface area contributed by atoms with Gasteiger partial charge in [-0.2, -0.15) is 0 Å². The van der Waals surface area contributed by atoms with Crippen LogP contribution < -0.4 is 4.90 Å². The molecule has 1 N–H and O–H groups in total. The van der Waals surface area contributed by atoms with Gasteiger partial charge < -0.3 is 10.0 Å². The second-order valence-corrected chi connectivity index (χ2v) is 4.63. The third-order valence-corrected chi connectivity index (χ3v) is 3.11. The normalized spacial score (nSPS) is 10.3. The van der Waals surface area contributed by atoms with Crippen molar-refractivity contribution in [2.24, 2.45) is 0 Å². The SMILES string of the molecule is Cc1cccc(N(C)c2cc(C(=O)O)c(Cl)cn2)c1. The number of carboxylic acids is 1. The van der Waals surface area contributed by atoms with Crippen LogP contribution in [0.3, 0.4) is 0 Å². The molecule has 0 atom stereocenters. The molecule has 4 nitrogen and oxygen atoms in total. The molecule has 1 heterocycles. The zero-order valence-corrected chi connectivity index (χ0v) is 11.3. The Bertz CT molecular complexity index is 629. The summed E-state index contributed by atoms with van der Waals surface area (Å²) in [7, 11) is 1.83. The highest BCUT2D eigenvalue weighted by Crippen LogP contribution is 2.25. The molecule has 0 saturated heterocycles. The molecule has 0 aliphatic rings. The number of halogens is 1. The van der Waals surface area contributed by atoms with Crippen molar-refractivity contribution in [2.75, 3.05) is 11.9 Å². The van der Waals surface area contributed by atoms with Crippen molar-refractivity contribution in [1.82, 2.24) is 4.98 Å². The summed E-state index contributed by atoms with van der Waals surface area (Å²) in [6.07, 6.45) is 1.35. The van der Waals surface area contributed by atoms with Crippen LogP contribution in [-0.2, 0) is 0 Å². The Balaban J connectivity index is 2.42. The Labute approximate surface area is 116 Å². The van der Waals surface area contributed by atoms with E-state index in [4.69, 9.17) is 16.7 Å². The van der Waals surface area contributed by atoms with E-state index in [0.29, 0.717) is 5.82 Å². The summed E-state index contributed by atoms with van der Waals surface area (Å²) < 4.78 is 0. The van der Waals surface area contributed by atoms with Crippen LogP contribution in [-0.4, -0.2) is 23.1 Å². The highest BCUT2D eigenvalue weighted by Gasteiger charge is 2.13. The molecule has 1 aromatic carbocycles. The van der Waals surface area contributed by atoms with Gasteiger partial charge in [0.05, 0.1) is 10.6 Å². The van der Waals surface area contributed by atoms with Crippen LogP contribution in [0.15, 0.2) is 36.5 Å². The highest BCUT2D eigenvalue weighted by molar-refractivity contribution is 6.33. The number of pyridine rings is 1. The van der Waals surface area contributed by atoms with Gasteiger partial charge in [0.2, 0.25) is 0 Å². The van der Waals surface area contributed by atoms with E-state index in [2.05, 4.69) is 4.98 Å². The smallest absolute Gasteiger partial charge is 0.337 e. The molecule has 0 spiro atoms. The minimum absolute atomic E-state index is 0.0474. The van der Waals surface area contributed by atoms with Crippen molar-refractivity contribution < 1.29 is 9.90 Å². The molecule has 0 amide bonds. The van der Waals surface area contributed by atoms with E-state index in [1.165, 1.54) is 12.3 Å². The van der Waals surface area contributed by atoms with Gasteiger partial charge in [-0.15, -0.1) is 0 Å². The molecule has 0 saturated carbocycles. The number of carboxylic acid groups (broad SMARTS) is 1. The fourth-order valence-corrected chi connectivity index (χ4v) is 1.93. The third-order valence-electron chi connectivity index (χ3n) is 2.80. The van der Waals surface area contributed by atoms with E-state index in [0.717, 1.165) is 11.3 Å². The molecule has 0 radical (unpaired) electrons. The minimum atomic E-state index is -1.06. The molecule has 0 unspecified atom stereocenters. The first-order chi connectivity index (χ1) is 8.99. The number of aryl methyl sites for hydroxylation is 1. The van der Waals surface area contributed by atoms with Crippen molar-refractivity contribution >= 4 is 29.1 Å². The number of nitrogens with zero attached hydrogens (tertiary/aromatic N) is 2. The molecular weight excluding hydrogens is 264 g/mol. The van der Waals surface area contributed by atoms with Crippen LogP contribution in [0, 0.1) is 6.92 Å². The lowest BCUT2D eigenvalue weighted by molar-refractivity contribution is 0.0697. The number of benzene rings is 1. The van der Waals surface area contributed by atoms with Gasteiger partial charge in [0.25, 0.3) is 0 Å². The topological polar surface area (TPSA) is 53.4 Å². The average Bonchev–Trinajstić information content (AvgIpc) is 2.38. The maximum Gasteiger partial charge on any atom is 0.337 e. The lowest BCUT2D eigenvalue weighted by Crippen LogP contribution is -2.12. The lowest BCUT2D eigenvalue weighted by atomic mass is 10.2. The van der Waals surface area contributed by atoms with E-state index in [9.17, 15) is 4.79 Å². The van der Waals surface area contributed by atoms with Crippen molar-refractivity contribution in [1.29, 1.82) is 0 Å². The van der Waals surface area contributed by atoms with Crippen LogP contribution >= 0.6 is 11.6 Å². The quantitative estimate of drug-likeness (QED) is 0.932. The Hall–Kier alpha value is -2.07. The van der Waals surface area contributed by atoms with Crippen molar-refractivity contribution in [3.63, 3.8) is 0 Å². The number of hydrogen-bond donors (Lipinski definition) is 1. The van der Waals surface area contributed by atoms with E-state index in [-0.39, 0.29) is 10.6 Å². The molecule has 5 heteroatoms. The largest absolute Gasteiger partial charge is 0.478 e. The molecule has 98 valence electrons. The Morgan fingerprint density at radius 3 is 2.74 bits per heavy atom. The maximum atomic E-state index is 11.1. The molecule has 0 aliphatic heterocycles. The first-order valence-electron chi connectivity index (χ1n) is 5.68. The van der Waals surface area contributed by atoms with E-state index in [1.807, 2.05) is 43.1 Å². The van der Waals surface area contributed by atoms with Gasteiger partial charge in [-0.05, 0) is 30.7 Å². The molecule has 0 aliphatic carbocycles. The van der Waals surface area contributed by atoms with E-state index >= 15 is 0 Å². The fraction of sp³-hybridized carbons (Fsp3) is 0.143. The van der Waals surface area contributed by atoms with Crippen molar-refractivity contribution in [2.45, 2.75) is 6.92 Å². The zero-order chi connectivity index (χ0) is 14.0. The Morgan fingerprint density at radius 1 is 1.37 bits per heavy atom. The molecule has 2 aromatic rings. The second kappa shape index (κ2) is 5.28. The standard InChI is InChI=1S/C14H13ClN2O2/c1-9-4-3-5-10(6-9)17(2)13-7-11(14(18)19)12(15)8-16-13/h3-8H,1-2H3,(H,18,19). The first-order valence-corrected chi connectivity index (χ1v) is 6.06. The van der Waals surface area contributed by atoms with Gasteiger partial charge >= 0.3 is 5.97 Å². The van der Waals surface area contributed by atoms with Crippen LogP contribution in [0.1, 0.15) is 15.9 Å². The van der Waals surface area contributed by atoms with Crippen molar-refractivity contribution in [3.05, 3.63) is 52.7 Å². The van der Waals surface area contributed by atoms with Gasteiger partial charge in [0, 0.05) is 18.9 Å². The first kappa shape index (κ1) is 13.4. The van der Waals surface area contributed by atoms with Crippen LogP contribution in [0.25, 0.3) is 0 Å². The maximum absolute atomic E-state index is 11.1. The monoisotopic (exact) mass is 276 g/mol. The number of rotatable bonds is 3. The van der Waals surface area contributed by atoms with Crippen molar-refractivity contribution in [3.8, 4) is 0 Å². The summed E-state index contributed by atoms with van der Waals surface area (Å²) in [5, 5.41) is 9.19.